The lowest BCUT2D eigenvalue weighted by molar-refractivity contribution is -0.384. The smallest absolute Gasteiger partial charge is 0.269 e. The van der Waals surface area contributed by atoms with Gasteiger partial charge in [0, 0.05) is 28.8 Å². The molecule has 0 spiro atoms. The quantitative estimate of drug-likeness (QED) is 0.276. The van der Waals surface area contributed by atoms with E-state index in [2.05, 4.69) is 0 Å². The average Bonchev–Trinajstić information content (AvgIpc) is 2.98. The molecule has 0 atom stereocenters. The van der Waals surface area contributed by atoms with E-state index in [1.807, 2.05) is 0 Å². The van der Waals surface area contributed by atoms with Crippen molar-refractivity contribution in [2.75, 3.05) is 0 Å². The van der Waals surface area contributed by atoms with Gasteiger partial charge in [-0.1, -0.05) is 42.5 Å². The van der Waals surface area contributed by atoms with Crippen molar-refractivity contribution in [2.45, 2.75) is 6.61 Å². The number of hydrogen-bond acceptors (Lipinski definition) is 5. The lowest BCUT2D eigenvalue weighted by Gasteiger charge is -2.09. The Balaban J connectivity index is 1.58. The summed E-state index contributed by atoms with van der Waals surface area (Å²) < 4.78 is 5.84. The lowest BCUT2D eigenvalue weighted by atomic mass is 10.1. The van der Waals surface area contributed by atoms with Gasteiger partial charge in [0.15, 0.2) is 11.6 Å². The molecule has 29 heavy (non-hydrogen) atoms. The highest BCUT2D eigenvalue weighted by molar-refractivity contribution is 6.41. The number of ketones is 2. The number of carbonyl (C=O) groups is 2. The third-order valence-electron chi connectivity index (χ3n) is 4.67. The predicted molar refractivity (Wildman–Crippen MR) is 107 cm³/mol. The maximum Gasteiger partial charge on any atom is 0.269 e. The number of non-ortho nitro benzene ring substituents is 1. The van der Waals surface area contributed by atoms with Crippen molar-refractivity contribution >= 4 is 23.3 Å². The Morgan fingerprint density at radius 3 is 2.03 bits per heavy atom. The first kappa shape index (κ1) is 18.3. The van der Waals surface area contributed by atoms with Crippen molar-refractivity contribution in [3.63, 3.8) is 0 Å². The zero-order valence-corrected chi connectivity index (χ0v) is 15.2. The van der Waals surface area contributed by atoms with E-state index in [1.165, 1.54) is 12.1 Å². The van der Waals surface area contributed by atoms with E-state index in [0.29, 0.717) is 22.4 Å². The summed E-state index contributed by atoms with van der Waals surface area (Å²) in [7, 11) is 0. The fourth-order valence-corrected chi connectivity index (χ4v) is 3.17. The zero-order chi connectivity index (χ0) is 20.4. The van der Waals surface area contributed by atoms with E-state index in [0.717, 1.165) is 5.56 Å². The van der Waals surface area contributed by atoms with E-state index in [1.54, 1.807) is 66.7 Å². The fourth-order valence-electron chi connectivity index (χ4n) is 3.17. The number of nitrogens with zero attached hydrogens (tertiary/aromatic N) is 1. The van der Waals surface area contributed by atoms with Crippen LogP contribution < -0.4 is 4.74 Å². The summed E-state index contributed by atoms with van der Waals surface area (Å²) in [4.78, 5) is 35.5. The minimum absolute atomic E-state index is 0.0108. The third kappa shape index (κ3) is 3.55. The number of allylic oxidation sites excluding steroid dienone is 1. The second-order valence-electron chi connectivity index (χ2n) is 6.51. The second-order valence-corrected chi connectivity index (χ2v) is 6.51. The van der Waals surface area contributed by atoms with Crippen LogP contribution in [0.5, 0.6) is 5.75 Å². The number of Topliss-reactive ketones (excluding diaryl/α,β-unsaturated/α-hetero) is 2. The molecule has 1 aliphatic rings. The number of fused-ring (bicyclic) bond motifs is 1. The monoisotopic (exact) mass is 385 g/mol. The zero-order valence-electron chi connectivity index (χ0n) is 15.2. The Kier molecular flexibility index (Phi) is 4.75. The molecule has 0 saturated heterocycles. The first-order chi connectivity index (χ1) is 14.0. The molecule has 4 rings (SSSR count). The van der Waals surface area contributed by atoms with E-state index in [-0.39, 0.29) is 29.4 Å². The maximum atomic E-state index is 12.6. The van der Waals surface area contributed by atoms with Gasteiger partial charge in [0.1, 0.15) is 12.4 Å². The molecule has 0 N–H and O–H groups in total. The van der Waals surface area contributed by atoms with Crippen LogP contribution in [0.2, 0.25) is 0 Å². The Labute approximate surface area is 166 Å². The summed E-state index contributed by atoms with van der Waals surface area (Å²) >= 11 is 0. The Morgan fingerprint density at radius 2 is 1.41 bits per heavy atom. The number of nitro benzene ring substituents is 1. The topological polar surface area (TPSA) is 86.5 Å². The van der Waals surface area contributed by atoms with Gasteiger partial charge in [-0.2, -0.15) is 0 Å². The minimum atomic E-state index is -0.459. The van der Waals surface area contributed by atoms with Crippen LogP contribution in [0.15, 0.2) is 78.4 Å². The summed E-state index contributed by atoms with van der Waals surface area (Å²) in [6, 6.07) is 19.9. The van der Waals surface area contributed by atoms with Crippen LogP contribution in [0.25, 0.3) is 6.08 Å². The molecule has 1 aliphatic carbocycles. The molecule has 0 heterocycles. The number of ether oxygens (including phenoxy) is 1. The molecule has 0 unspecified atom stereocenters. The summed E-state index contributed by atoms with van der Waals surface area (Å²) in [6.07, 6.45) is 1.55. The van der Waals surface area contributed by atoms with E-state index in [9.17, 15) is 19.7 Å². The lowest BCUT2D eigenvalue weighted by Crippen LogP contribution is -2.02. The summed E-state index contributed by atoms with van der Waals surface area (Å²) in [5.41, 5.74) is 2.31. The number of para-hydroxylation sites is 1. The van der Waals surface area contributed by atoms with Crippen LogP contribution in [0.4, 0.5) is 5.69 Å². The first-order valence-electron chi connectivity index (χ1n) is 8.90. The van der Waals surface area contributed by atoms with Gasteiger partial charge in [-0.15, -0.1) is 0 Å². The normalized spacial score (nSPS) is 12.6. The van der Waals surface area contributed by atoms with Gasteiger partial charge in [0.25, 0.3) is 5.69 Å². The predicted octanol–water partition coefficient (Wildman–Crippen LogP) is 4.64. The highest BCUT2D eigenvalue weighted by Gasteiger charge is 2.32. The molecule has 0 radical (unpaired) electrons. The molecule has 0 amide bonds. The van der Waals surface area contributed by atoms with E-state index in [4.69, 9.17) is 4.74 Å². The first-order valence-corrected chi connectivity index (χ1v) is 8.90. The number of benzene rings is 3. The molecule has 6 nitrogen and oxygen atoms in total. The molecule has 0 bridgehead atoms. The van der Waals surface area contributed by atoms with Crippen molar-refractivity contribution in [3.8, 4) is 5.75 Å². The van der Waals surface area contributed by atoms with E-state index >= 15 is 0 Å². The molecule has 0 aliphatic heterocycles. The van der Waals surface area contributed by atoms with Gasteiger partial charge in [0.2, 0.25) is 0 Å². The molecular weight excluding hydrogens is 370 g/mol. The van der Waals surface area contributed by atoms with Crippen LogP contribution >= 0.6 is 0 Å². The molecule has 142 valence electrons. The molecule has 3 aromatic rings. The highest BCUT2D eigenvalue weighted by Crippen LogP contribution is 2.30. The molecule has 6 heteroatoms. The van der Waals surface area contributed by atoms with E-state index < -0.39 is 4.92 Å². The van der Waals surface area contributed by atoms with Gasteiger partial charge in [-0.3, -0.25) is 19.7 Å². The SMILES string of the molecule is O=C1C(=Cc2ccccc2OCc2ccc([N+](=O)[O-])cc2)C(=O)c2ccccc21. The van der Waals surface area contributed by atoms with Crippen molar-refractivity contribution in [1.29, 1.82) is 0 Å². The number of rotatable bonds is 5. The van der Waals surface area contributed by atoms with Crippen molar-refractivity contribution in [2.24, 2.45) is 0 Å². The van der Waals surface area contributed by atoms with Crippen LogP contribution in [-0.2, 0) is 6.61 Å². The van der Waals surface area contributed by atoms with Crippen molar-refractivity contribution in [1.82, 2.24) is 0 Å². The summed E-state index contributed by atoms with van der Waals surface area (Å²) in [6.45, 7) is 0.195. The van der Waals surface area contributed by atoms with Crippen molar-refractivity contribution in [3.05, 3.63) is 111 Å². The number of carbonyl (C=O) groups excluding carboxylic acids is 2. The minimum Gasteiger partial charge on any atom is -0.488 e. The van der Waals surface area contributed by atoms with Gasteiger partial charge in [-0.25, -0.2) is 0 Å². The number of hydrogen-bond donors (Lipinski definition) is 0. The fraction of sp³-hybridized carbons (Fsp3) is 0.0435. The van der Waals surface area contributed by atoms with Crippen LogP contribution in [0, 0.1) is 10.1 Å². The number of nitro groups is 1. The van der Waals surface area contributed by atoms with Gasteiger partial charge in [0.05, 0.1) is 10.5 Å². The summed E-state index contributed by atoms with van der Waals surface area (Å²) in [5, 5.41) is 10.7. The maximum absolute atomic E-state index is 12.6. The summed E-state index contributed by atoms with van der Waals surface area (Å²) in [5.74, 6) is -0.0820. The van der Waals surface area contributed by atoms with Crippen LogP contribution in [-0.4, -0.2) is 16.5 Å². The van der Waals surface area contributed by atoms with Crippen LogP contribution in [0.3, 0.4) is 0 Å². The Hall–Kier alpha value is -4.06. The van der Waals surface area contributed by atoms with Crippen molar-refractivity contribution < 1.29 is 19.2 Å². The molecule has 3 aromatic carbocycles. The molecule has 0 saturated carbocycles. The largest absolute Gasteiger partial charge is 0.488 e. The molecule has 0 aromatic heterocycles. The standard InChI is InChI=1S/C23H15NO5/c25-22-18-6-2-3-7-19(18)23(26)20(22)13-16-5-1-4-8-21(16)29-14-15-9-11-17(12-10-15)24(27)28/h1-13H,14H2. The van der Waals surface area contributed by atoms with Gasteiger partial charge < -0.3 is 4.74 Å². The third-order valence-corrected chi connectivity index (χ3v) is 4.67. The molecule has 0 fully saturated rings. The van der Waals surface area contributed by atoms with Gasteiger partial charge in [-0.05, 0) is 29.8 Å². The Bertz CT molecular complexity index is 1120. The van der Waals surface area contributed by atoms with Gasteiger partial charge >= 0.3 is 0 Å². The molecular formula is C23H15NO5. The Morgan fingerprint density at radius 1 is 0.828 bits per heavy atom. The van der Waals surface area contributed by atoms with Crippen LogP contribution in [0.1, 0.15) is 31.8 Å². The highest BCUT2D eigenvalue weighted by atomic mass is 16.6. The average molecular weight is 385 g/mol. The second kappa shape index (κ2) is 7.52.